The van der Waals surface area contributed by atoms with Gasteiger partial charge in [0.15, 0.2) is 0 Å². The first kappa shape index (κ1) is 11.6. The van der Waals surface area contributed by atoms with E-state index >= 15 is 0 Å². The molecular weight excluding hydrogens is 198 g/mol. The summed E-state index contributed by atoms with van der Waals surface area (Å²) in [4.78, 5) is 4.24. The number of aryl methyl sites for hydroxylation is 1. The van der Waals surface area contributed by atoms with Gasteiger partial charge in [0.2, 0.25) is 0 Å². The Balaban J connectivity index is 1.75. The molecule has 0 amide bonds. The van der Waals surface area contributed by atoms with Gasteiger partial charge in [-0.25, -0.2) is 4.98 Å². The molecule has 0 radical (unpaired) electrons. The summed E-state index contributed by atoms with van der Waals surface area (Å²) < 4.78 is 2.29. The number of nitrogens with zero attached hydrogens (tertiary/aromatic N) is 2. The van der Waals surface area contributed by atoms with E-state index in [1.807, 2.05) is 12.5 Å². The molecule has 0 aromatic carbocycles. The van der Waals surface area contributed by atoms with E-state index < -0.39 is 0 Å². The third kappa shape index (κ3) is 3.63. The van der Waals surface area contributed by atoms with E-state index in [0.717, 1.165) is 19.0 Å². The first-order valence-corrected chi connectivity index (χ1v) is 6.48. The highest BCUT2D eigenvalue weighted by molar-refractivity contribution is 4.98. The van der Waals surface area contributed by atoms with Crippen molar-refractivity contribution < 1.29 is 0 Å². The molecular formula is C13H23N3. The average Bonchev–Trinajstić information content (AvgIpc) is 2.95. The van der Waals surface area contributed by atoms with Crippen LogP contribution in [0.5, 0.6) is 0 Å². The first-order chi connectivity index (χ1) is 7.75. The summed E-state index contributed by atoms with van der Waals surface area (Å²) in [6, 6.07) is 0.537. The standard InChI is InChI=1S/C13H23N3/c1-11(2)15-9-13-8-14-10-16(13)7-3-4-12-5-6-12/h8,10-12,15H,3-7,9H2,1-2H3. The average molecular weight is 221 g/mol. The van der Waals surface area contributed by atoms with Gasteiger partial charge in [0, 0.05) is 25.3 Å². The Kier molecular flexibility index (Phi) is 3.99. The molecule has 90 valence electrons. The predicted octanol–water partition coefficient (Wildman–Crippen LogP) is 2.57. The smallest absolute Gasteiger partial charge is 0.0948 e. The predicted molar refractivity (Wildman–Crippen MR) is 66.2 cm³/mol. The zero-order valence-electron chi connectivity index (χ0n) is 10.4. The van der Waals surface area contributed by atoms with E-state index in [1.165, 1.54) is 31.4 Å². The molecule has 1 aliphatic carbocycles. The Morgan fingerprint density at radius 3 is 3.00 bits per heavy atom. The molecule has 0 saturated heterocycles. The van der Waals surface area contributed by atoms with Gasteiger partial charge in [-0.1, -0.05) is 26.7 Å². The summed E-state index contributed by atoms with van der Waals surface area (Å²) in [7, 11) is 0. The SMILES string of the molecule is CC(C)NCc1cncn1CCCC1CC1. The maximum absolute atomic E-state index is 4.24. The number of aromatic nitrogens is 2. The van der Waals surface area contributed by atoms with Gasteiger partial charge in [0.25, 0.3) is 0 Å². The highest BCUT2D eigenvalue weighted by atomic mass is 15.1. The highest BCUT2D eigenvalue weighted by Crippen LogP contribution is 2.33. The third-order valence-electron chi connectivity index (χ3n) is 3.20. The van der Waals surface area contributed by atoms with E-state index in [4.69, 9.17) is 0 Å². The summed E-state index contributed by atoms with van der Waals surface area (Å²) in [6.45, 7) is 6.41. The Morgan fingerprint density at radius 1 is 1.50 bits per heavy atom. The quantitative estimate of drug-likeness (QED) is 0.767. The van der Waals surface area contributed by atoms with E-state index in [-0.39, 0.29) is 0 Å². The third-order valence-corrected chi connectivity index (χ3v) is 3.20. The van der Waals surface area contributed by atoms with Crippen LogP contribution in [0.2, 0.25) is 0 Å². The Bertz CT molecular complexity index is 313. The maximum Gasteiger partial charge on any atom is 0.0948 e. The summed E-state index contributed by atoms with van der Waals surface area (Å²) in [5.74, 6) is 1.04. The second kappa shape index (κ2) is 5.48. The maximum atomic E-state index is 4.24. The molecule has 0 aliphatic heterocycles. The molecule has 1 saturated carbocycles. The van der Waals surface area contributed by atoms with E-state index in [2.05, 4.69) is 28.7 Å². The fourth-order valence-electron chi connectivity index (χ4n) is 1.96. The molecule has 1 aromatic heterocycles. The van der Waals surface area contributed by atoms with Crippen LogP contribution in [0.3, 0.4) is 0 Å². The first-order valence-electron chi connectivity index (χ1n) is 6.48. The zero-order chi connectivity index (χ0) is 11.4. The van der Waals surface area contributed by atoms with Crippen molar-refractivity contribution in [1.82, 2.24) is 14.9 Å². The molecule has 0 atom stereocenters. The molecule has 16 heavy (non-hydrogen) atoms. The summed E-state index contributed by atoms with van der Waals surface area (Å²) >= 11 is 0. The molecule has 1 N–H and O–H groups in total. The number of rotatable bonds is 7. The van der Waals surface area contributed by atoms with Crippen LogP contribution in [0.1, 0.15) is 45.2 Å². The summed E-state index contributed by atoms with van der Waals surface area (Å²) in [5, 5.41) is 3.44. The highest BCUT2D eigenvalue weighted by Gasteiger charge is 2.20. The van der Waals surface area contributed by atoms with Crippen LogP contribution in [0.4, 0.5) is 0 Å². The van der Waals surface area contributed by atoms with Crippen LogP contribution in [0.25, 0.3) is 0 Å². The molecule has 1 heterocycles. The molecule has 3 heteroatoms. The Hall–Kier alpha value is -0.830. The van der Waals surface area contributed by atoms with Crippen LogP contribution < -0.4 is 5.32 Å². The minimum Gasteiger partial charge on any atom is -0.333 e. The Labute approximate surface area is 98.3 Å². The molecule has 0 bridgehead atoms. The molecule has 2 rings (SSSR count). The molecule has 1 aliphatic rings. The molecule has 0 spiro atoms. The van der Waals surface area contributed by atoms with Gasteiger partial charge < -0.3 is 9.88 Å². The van der Waals surface area contributed by atoms with Crippen molar-refractivity contribution in [2.24, 2.45) is 5.92 Å². The van der Waals surface area contributed by atoms with Crippen LogP contribution in [0.15, 0.2) is 12.5 Å². The van der Waals surface area contributed by atoms with Crippen molar-refractivity contribution in [3.8, 4) is 0 Å². The van der Waals surface area contributed by atoms with Gasteiger partial charge in [-0.3, -0.25) is 0 Å². The van der Waals surface area contributed by atoms with E-state index in [9.17, 15) is 0 Å². The number of hydrogen-bond acceptors (Lipinski definition) is 2. The lowest BCUT2D eigenvalue weighted by Crippen LogP contribution is -2.23. The van der Waals surface area contributed by atoms with Gasteiger partial charge in [0.1, 0.15) is 0 Å². The van der Waals surface area contributed by atoms with Crippen LogP contribution in [-0.4, -0.2) is 15.6 Å². The van der Waals surface area contributed by atoms with Crippen molar-refractivity contribution in [2.75, 3.05) is 0 Å². The van der Waals surface area contributed by atoms with Crippen molar-refractivity contribution in [3.63, 3.8) is 0 Å². The Morgan fingerprint density at radius 2 is 2.31 bits per heavy atom. The normalized spacial score (nSPS) is 15.9. The van der Waals surface area contributed by atoms with Crippen LogP contribution in [0, 0.1) is 5.92 Å². The van der Waals surface area contributed by atoms with Crippen molar-refractivity contribution in [3.05, 3.63) is 18.2 Å². The van der Waals surface area contributed by atoms with Gasteiger partial charge in [-0.2, -0.15) is 0 Å². The van der Waals surface area contributed by atoms with E-state index in [0.29, 0.717) is 6.04 Å². The number of imidazole rings is 1. The monoisotopic (exact) mass is 221 g/mol. The summed E-state index contributed by atoms with van der Waals surface area (Å²) in [5.41, 5.74) is 1.31. The molecule has 0 unspecified atom stereocenters. The minimum atomic E-state index is 0.537. The summed E-state index contributed by atoms with van der Waals surface area (Å²) in [6.07, 6.45) is 9.57. The number of nitrogens with one attached hydrogen (secondary N) is 1. The molecule has 1 aromatic rings. The van der Waals surface area contributed by atoms with Crippen molar-refractivity contribution in [2.45, 2.75) is 58.7 Å². The minimum absolute atomic E-state index is 0.537. The topological polar surface area (TPSA) is 29.9 Å². The molecule has 1 fully saturated rings. The zero-order valence-corrected chi connectivity index (χ0v) is 10.4. The fraction of sp³-hybridized carbons (Fsp3) is 0.769. The number of hydrogen-bond donors (Lipinski definition) is 1. The van der Waals surface area contributed by atoms with Crippen molar-refractivity contribution >= 4 is 0 Å². The lowest BCUT2D eigenvalue weighted by atomic mass is 10.2. The van der Waals surface area contributed by atoms with Gasteiger partial charge in [0.05, 0.1) is 12.0 Å². The lowest BCUT2D eigenvalue weighted by molar-refractivity contribution is 0.529. The van der Waals surface area contributed by atoms with Gasteiger partial charge in [-0.05, 0) is 18.8 Å². The van der Waals surface area contributed by atoms with Crippen molar-refractivity contribution in [1.29, 1.82) is 0 Å². The lowest BCUT2D eigenvalue weighted by Gasteiger charge is -2.10. The second-order valence-corrected chi connectivity index (χ2v) is 5.20. The fourth-order valence-corrected chi connectivity index (χ4v) is 1.96. The van der Waals surface area contributed by atoms with Crippen LogP contribution in [-0.2, 0) is 13.1 Å². The second-order valence-electron chi connectivity index (χ2n) is 5.20. The van der Waals surface area contributed by atoms with Gasteiger partial charge in [-0.15, -0.1) is 0 Å². The van der Waals surface area contributed by atoms with E-state index in [1.54, 1.807) is 0 Å². The van der Waals surface area contributed by atoms with Gasteiger partial charge >= 0.3 is 0 Å². The largest absolute Gasteiger partial charge is 0.333 e. The molecule has 3 nitrogen and oxygen atoms in total. The van der Waals surface area contributed by atoms with Crippen LogP contribution >= 0.6 is 0 Å².